The second kappa shape index (κ2) is 2.74. The quantitative estimate of drug-likeness (QED) is 0.626. The molecule has 0 aliphatic rings. The molecule has 0 fully saturated rings. The number of aryl methyl sites for hydroxylation is 2. The third kappa shape index (κ3) is 0.958. The Morgan fingerprint density at radius 1 is 1.57 bits per heavy atom. The van der Waals surface area contributed by atoms with E-state index >= 15 is 0 Å². The number of furan rings is 1. The predicted molar refractivity (Wildman–Crippen MR) is 50.9 cm³/mol. The van der Waals surface area contributed by atoms with Crippen LogP contribution in [0.1, 0.15) is 11.1 Å². The third-order valence-corrected chi connectivity index (χ3v) is 2.19. The summed E-state index contributed by atoms with van der Waals surface area (Å²) in [5.74, 6) is 0. The van der Waals surface area contributed by atoms with Crippen LogP contribution in [0.5, 0.6) is 0 Å². The van der Waals surface area contributed by atoms with Gasteiger partial charge in [0.05, 0.1) is 0 Å². The molecule has 0 atom stereocenters. The van der Waals surface area contributed by atoms with Crippen LogP contribution in [0, 0.1) is 18.3 Å². The number of fused-ring (bicyclic) bond motifs is 1. The zero-order chi connectivity index (χ0) is 10.3. The molecule has 14 heavy (non-hydrogen) atoms. The zero-order valence-electron chi connectivity index (χ0n) is 7.87. The summed E-state index contributed by atoms with van der Waals surface area (Å²) in [6, 6.07) is 1.94. The van der Waals surface area contributed by atoms with Crippen molar-refractivity contribution in [1.82, 2.24) is 4.57 Å². The molecule has 0 bridgehead atoms. The van der Waals surface area contributed by atoms with Crippen molar-refractivity contribution in [2.75, 3.05) is 0 Å². The van der Waals surface area contributed by atoms with Crippen LogP contribution in [-0.4, -0.2) is 4.57 Å². The SMILES string of the molecule is Cc1cn(C)c(=O)c2c(C#N)coc12. The van der Waals surface area contributed by atoms with Crippen LogP contribution in [0.25, 0.3) is 11.0 Å². The van der Waals surface area contributed by atoms with Crippen LogP contribution in [-0.2, 0) is 7.05 Å². The minimum absolute atomic E-state index is 0.198. The molecule has 2 heterocycles. The predicted octanol–water partition coefficient (Wildman–Crippen LogP) is 1.31. The molecule has 0 aliphatic carbocycles. The van der Waals surface area contributed by atoms with Gasteiger partial charge in [0, 0.05) is 18.8 Å². The first-order valence-electron chi connectivity index (χ1n) is 4.12. The number of rotatable bonds is 0. The van der Waals surface area contributed by atoms with Crippen molar-refractivity contribution in [3.05, 3.63) is 33.9 Å². The second-order valence-electron chi connectivity index (χ2n) is 3.19. The average Bonchev–Trinajstić information content (AvgIpc) is 2.58. The molecule has 0 aliphatic heterocycles. The molecule has 2 rings (SSSR count). The highest BCUT2D eigenvalue weighted by molar-refractivity contribution is 5.84. The first kappa shape index (κ1) is 8.57. The molecule has 0 N–H and O–H groups in total. The van der Waals surface area contributed by atoms with Crippen molar-refractivity contribution in [3.8, 4) is 6.07 Å². The van der Waals surface area contributed by atoms with E-state index in [1.807, 2.05) is 13.0 Å². The standard InChI is InChI=1S/C10H8N2O2/c1-6-4-12(2)10(13)8-7(3-11)5-14-9(6)8/h4-5H,1-2H3. The second-order valence-corrected chi connectivity index (χ2v) is 3.19. The van der Waals surface area contributed by atoms with E-state index in [4.69, 9.17) is 9.68 Å². The number of aromatic nitrogens is 1. The Labute approximate surface area is 80.0 Å². The van der Waals surface area contributed by atoms with Gasteiger partial charge >= 0.3 is 0 Å². The molecule has 4 nitrogen and oxygen atoms in total. The molecular weight excluding hydrogens is 180 g/mol. The number of pyridine rings is 1. The number of hydrogen-bond donors (Lipinski definition) is 0. The third-order valence-electron chi connectivity index (χ3n) is 2.19. The van der Waals surface area contributed by atoms with E-state index < -0.39 is 0 Å². The van der Waals surface area contributed by atoms with Crippen LogP contribution in [0.15, 0.2) is 21.7 Å². The number of hydrogen-bond acceptors (Lipinski definition) is 3. The lowest BCUT2D eigenvalue weighted by Gasteiger charge is -1.99. The fourth-order valence-corrected chi connectivity index (χ4v) is 1.53. The van der Waals surface area contributed by atoms with Gasteiger partial charge in [0.1, 0.15) is 28.9 Å². The van der Waals surface area contributed by atoms with E-state index in [0.29, 0.717) is 16.5 Å². The Morgan fingerprint density at radius 2 is 2.29 bits per heavy atom. The fraction of sp³-hybridized carbons (Fsp3) is 0.200. The lowest BCUT2D eigenvalue weighted by atomic mass is 10.2. The minimum Gasteiger partial charge on any atom is -0.462 e. The summed E-state index contributed by atoms with van der Waals surface area (Å²) in [6.45, 7) is 1.84. The Hall–Kier alpha value is -2.02. The molecule has 70 valence electrons. The maximum atomic E-state index is 11.7. The van der Waals surface area contributed by atoms with Crippen molar-refractivity contribution < 1.29 is 4.42 Å². The van der Waals surface area contributed by atoms with Gasteiger partial charge in [-0.05, 0) is 6.92 Å². The summed E-state index contributed by atoms with van der Waals surface area (Å²) in [4.78, 5) is 11.7. The monoisotopic (exact) mass is 188 g/mol. The first-order chi connectivity index (χ1) is 6.65. The lowest BCUT2D eigenvalue weighted by molar-refractivity contribution is 0.610. The summed E-state index contributed by atoms with van der Waals surface area (Å²) in [5.41, 5.74) is 1.45. The molecular formula is C10H8N2O2. The van der Waals surface area contributed by atoms with Crippen LogP contribution in [0.2, 0.25) is 0 Å². The smallest absolute Gasteiger partial charge is 0.262 e. The molecule has 2 aromatic rings. The summed E-state index contributed by atoms with van der Waals surface area (Å²) < 4.78 is 6.62. The highest BCUT2D eigenvalue weighted by Crippen LogP contribution is 2.19. The van der Waals surface area contributed by atoms with Crippen molar-refractivity contribution in [2.24, 2.45) is 7.05 Å². The van der Waals surface area contributed by atoms with Crippen LogP contribution >= 0.6 is 0 Å². The highest BCUT2D eigenvalue weighted by atomic mass is 16.3. The Morgan fingerprint density at radius 3 is 2.93 bits per heavy atom. The Balaban J connectivity index is 3.09. The van der Waals surface area contributed by atoms with E-state index in [1.54, 1.807) is 13.2 Å². The van der Waals surface area contributed by atoms with Gasteiger partial charge in [0.2, 0.25) is 0 Å². The van der Waals surface area contributed by atoms with Gasteiger partial charge in [-0.1, -0.05) is 0 Å². The molecule has 2 aromatic heterocycles. The van der Waals surface area contributed by atoms with E-state index in [0.717, 1.165) is 5.56 Å². The molecule has 0 aromatic carbocycles. The van der Waals surface area contributed by atoms with Gasteiger partial charge in [-0.25, -0.2) is 0 Å². The van der Waals surface area contributed by atoms with Crippen LogP contribution in [0.4, 0.5) is 0 Å². The first-order valence-corrected chi connectivity index (χ1v) is 4.12. The summed E-state index contributed by atoms with van der Waals surface area (Å²) >= 11 is 0. The maximum absolute atomic E-state index is 11.7. The van der Waals surface area contributed by atoms with E-state index in [1.165, 1.54) is 10.8 Å². The van der Waals surface area contributed by atoms with Crippen molar-refractivity contribution in [1.29, 1.82) is 5.26 Å². The molecule has 4 heteroatoms. The zero-order valence-corrected chi connectivity index (χ0v) is 7.87. The van der Waals surface area contributed by atoms with Gasteiger partial charge in [-0.15, -0.1) is 0 Å². The molecule has 0 spiro atoms. The topological polar surface area (TPSA) is 58.9 Å². The van der Waals surface area contributed by atoms with Crippen LogP contribution < -0.4 is 5.56 Å². The van der Waals surface area contributed by atoms with Gasteiger partial charge in [-0.3, -0.25) is 4.79 Å². The van der Waals surface area contributed by atoms with Crippen LogP contribution in [0.3, 0.4) is 0 Å². The van der Waals surface area contributed by atoms with Gasteiger partial charge in [0.25, 0.3) is 5.56 Å². The summed E-state index contributed by atoms with van der Waals surface area (Å²) in [6.07, 6.45) is 3.01. The Kier molecular flexibility index (Phi) is 1.68. The molecule has 0 saturated carbocycles. The summed E-state index contributed by atoms with van der Waals surface area (Å²) in [5, 5.41) is 9.14. The largest absolute Gasteiger partial charge is 0.462 e. The molecule has 0 saturated heterocycles. The van der Waals surface area contributed by atoms with Crippen molar-refractivity contribution in [2.45, 2.75) is 6.92 Å². The fourth-order valence-electron chi connectivity index (χ4n) is 1.53. The molecule has 0 amide bonds. The van der Waals surface area contributed by atoms with Gasteiger partial charge in [0.15, 0.2) is 0 Å². The molecule has 0 radical (unpaired) electrons. The average molecular weight is 188 g/mol. The molecule has 0 unspecified atom stereocenters. The van der Waals surface area contributed by atoms with Crippen molar-refractivity contribution >= 4 is 11.0 Å². The Bertz CT molecular complexity index is 599. The number of nitrogens with zero attached hydrogens (tertiary/aromatic N) is 2. The number of nitriles is 1. The van der Waals surface area contributed by atoms with Crippen molar-refractivity contribution in [3.63, 3.8) is 0 Å². The summed E-state index contributed by atoms with van der Waals surface area (Å²) in [7, 11) is 1.66. The lowest BCUT2D eigenvalue weighted by Crippen LogP contribution is -2.16. The highest BCUT2D eigenvalue weighted by Gasteiger charge is 2.12. The van der Waals surface area contributed by atoms with E-state index in [9.17, 15) is 4.79 Å². The van der Waals surface area contributed by atoms with Gasteiger partial charge in [-0.2, -0.15) is 5.26 Å². The maximum Gasteiger partial charge on any atom is 0.262 e. The van der Waals surface area contributed by atoms with E-state index in [-0.39, 0.29) is 5.56 Å². The van der Waals surface area contributed by atoms with Gasteiger partial charge < -0.3 is 8.98 Å². The normalized spacial score (nSPS) is 10.4. The van der Waals surface area contributed by atoms with E-state index in [2.05, 4.69) is 0 Å². The minimum atomic E-state index is -0.198.